The summed E-state index contributed by atoms with van der Waals surface area (Å²) < 4.78 is 5.77. The van der Waals surface area contributed by atoms with Crippen molar-refractivity contribution < 1.29 is 9.53 Å². The lowest BCUT2D eigenvalue weighted by molar-refractivity contribution is -0.141. The molecule has 1 aliphatic carbocycles. The molecule has 2 fully saturated rings. The third-order valence-corrected chi connectivity index (χ3v) is 5.23. The van der Waals surface area contributed by atoms with E-state index in [0.717, 1.165) is 18.6 Å². The number of benzene rings is 1. The molecule has 4 nitrogen and oxygen atoms in total. The lowest BCUT2D eigenvalue weighted by Gasteiger charge is -2.55. The summed E-state index contributed by atoms with van der Waals surface area (Å²) in [6.45, 7) is 6.87. The highest BCUT2D eigenvalue weighted by molar-refractivity contribution is 5.87. The first kappa shape index (κ1) is 14.5. The maximum Gasteiger partial charge on any atom is 0.244 e. The molecule has 4 unspecified atom stereocenters. The van der Waals surface area contributed by atoms with E-state index in [1.807, 2.05) is 30.3 Å². The second-order valence-corrected chi connectivity index (χ2v) is 7.08. The van der Waals surface area contributed by atoms with Gasteiger partial charge >= 0.3 is 0 Å². The van der Waals surface area contributed by atoms with Crippen LogP contribution in [0.25, 0.3) is 0 Å². The van der Waals surface area contributed by atoms with Crippen LogP contribution >= 0.6 is 0 Å². The molecular weight excluding hydrogens is 264 g/mol. The Morgan fingerprint density at radius 3 is 2.71 bits per heavy atom. The quantitative estimate of drug-likeness (QED) is 0.891. The van der Waals surface area contributed by atoms with Gasteiger partial charge < -0.3 is 15.8 Å². The SMILES string of the molecule is CC(N)(C(=O)NC1C2CCOC2C1(C)C)c1ccccc1. The van der Waals surface area contributed by atoms with Gasteiger partial charge in [-0.25, -0.2) is 0 Å². The molecule has 0 aromatic heterocycles. The number of carbonyl (C=O) groups excluding carboxylic acids is 1. The number of nitrogens with one attached hydrogen (secondary N) is 1. The van der Waals surface area contributed by atoms with Crippen molar-refractivity contribution in [2.24, 2.45) is 17.1 Å². The molecular formula is C17H24N2O2. The van der Waals surface area contributed by atoms with E-state index in [4.69, 9.17) is 10.5 Å². The van der Waals surface area contributed by atoms with Crippen molar-refractivity contribution in [3.05, 3.63) is 35.9 Å². The van der Waals surface area contributed by atoms with Crippen molar-refractivity contribution >= 4 is 5.91 Å². The predicted molar refractivity (Wildman–Crippen MR) is 81.5 cm³/mol. The number of hydrogen-bond donors (Lipinski definition) is 2. The molecule has 0 bridgehead atoms. The molecule has 1 aromatic carbocycles. The van der Waals surface area contributed by atoms with Gasteiger partial charge in [0.2, 0.25) is 5.91 Å². The van der Waals surface area contributed by atoms with Crippen LogP contribution in [0.3, 0.4) is 0 Å². The topological polar surface area (TPSA) is 64.4 Å². The third kappa shape index (κ3) is 2.17. The summed E-state index contributed by atoms with van der Waals surface area (Å²) in [6, 6.07) is 9.67. The molecule has 0 radical (unpaired) electrons. The van der Waals surface area contributed by atoms with Gasteiger partial charge in [-0.05, 0) is 18.9 Å². The number of ether oxygens (including phenoxy) is 1. The highest BCUT2D eigenvalue weighted by atomic mass is 16.5. The molecule has 0 spiro atoms. The Labute approximate surface area is 126 Å². The van der Waals surface area contributed by atoms with E-state index in [1.165, 1.54) is 0 Å². The van der Waals surface area contributed by atoms with Crippen LogP contribution in [-0.2, 0) is 15.1 Å². The smallest absolute Gasteiger partial charge is 0.244 e. The van der Waals surface area contributed by atoms with Crippen LogP contribution in [0.4, 0.5) is 0 Å². The highest BCUT2D eigenvalue weighted by Gasteiger charge is 2.60. The van der Waals surface area contributed by atoms with Gasteiger partial charge in [-0.1, -0.05) is 44.2 Å². The molecule has 1 amide bonds. The first-order valence-corrected chi connectivity index (χ1v) is 7.62. The zero-order valence-electron chi connectivity index (χ0n) is 12.9. The second kappa shape index (κ2) is 4.82. The molecule has 4 atom stereocenters. The minimum Gasteiger partial charge on any atom is -0.377 e. The standard InChI is InChI=1S/C17H24N2O2/c1-16(2)13(12-9-10-21-14(12)16)19-15(20)17(3,18)11-7-5-4-6-8-11/h4-8,12-14H,9-10,18H2,1-3H3,(H,19,20). The molecule has 21 heavy (non-hydrogen) atoms. The van der Waals surface area contributed by atoms with Crippen molar-refractivity contribution in [1.82, 2.24) is 5.32 Å². The average molecular weight is 288 g/mol. The van der Waals surface area contributed by atoms with Gasteiger partial charge in [0.15, 0.2) is 0 Å². The van der Waals surface area contributed by atoms with Gasteiger partial charge in [-0.15, -0.1) is 0 Å². The fraction of sp³-hybridized carbons (Fsp3) is 0.588. The lowest BCUT2D eigenvalue weighted by atomic mass is 9.57. The fourth-order valence-corrected chi connectivity index (χ4v) is 3.82. The Bertz CT molecular complexity index is 539. The summed E-state index contributed by atoms with van der Waals surface area (Å²) in [7, 11) is 0. The van der Waals surface area contributed by atoms with E-state index in [9.17, 15) is 4.79 Å². The zero-order valence-corrected chi connectivity index (χ0v) is 12.9. The van der Waals surface area contributed by atoms with Crippen molar-refractivity contribution in [2.45, 2.75) is 44.9 Å². The van der Waals surface area contributed by atoms with E-state index in [1.54, 1.807) is 6.92 Å². The summed E-state index contributed by atoms with van der Waals surface area (Å²) in [5, 5.41) is 3.17. The number of nitrogens with two attached hydrogens (primary N) is 1. The number of hydrogen-bond acceptors (Lipinski definition) is 3. The molecule has 1 heterocycles. The number of amides is 1. The van der Waals surface area contributed by atoms with Crippen molar-refractivity contribution in [3.63, 3.8) is 0 Å². The summed E-state index contributed by atoms with van der Waals surface area (Å²) in [5.41, 5.74) is 6.09. The van der Waals surface area contributed by atoms with Crippen LogP contribution in [0.5, 0.6) is 0 Å². The van der Waals surface area contributed by atoms with E-state index < -0.39 is 5.54 Å². The zero-order chi connectivity index (χ0) is 15.3. The van der Waals surface area contributed by atoms with E-state index in [0.29, 0.717) is 5.92 Å². The fourth-order valence-electron chi connectivity index (χ4n) is 3.82. The summed E-state index contributed by atoms with van der Waals surface area (Å²) >= 11 is 0. The Balaban J connectivity index is 1.75. The number of carbonyl (C=O) groups is 1. The van der Waals surface area contributed by atoms with Crippen molar-refractivity contribution in [3.8, 4) is 0 Å². The normalized spacial score (nSPS) is 32.7. The monoisotopic (exact) mass is 288 g/mol. The van der Waals surface area contributed by atoms with Gasteiger partial charge in [-0.3, -0.25) is 4.79 Å². The summed E-state index contributed by atoms with van der Waals surface area (Å²) in [6.07, 6.45) is 1.29. The van der Waals surface area contributed by atoms with Gasteiger partial charge in [-0.2, -0.15) is 0 Å². The lowest BCUT2D eigenvalue weighted by Crippen LogP contribution is -2.68. The molecule has 3 rings (SSSR count). The number of rotatable bonds is 3. The van der Waals surface area contributed by atoms with Crippen LogP contribution in [0.15, 0.2) is 30.3 Å². The summed E-state index contributed by atoms with van der Waals surface area (Å²) in [5.74, 6) is 0.313. The van der Waals surface area contributed by atoms with Crippen LogP contribution in [0.1, 0.15) is 32.8 Å². The molecule has 3 N–H and O–H groups in total. The van der Waals surface area contributed by atoms with Gasteiger partial charge in [0.05, 0.1) is 6.10 Å². The van der Waals surface area contributed by atoms with E-state index in [2.05, 4.69) is 19.2 Å². The maximum absolute atomic E-state index is 12.7. The molecule has 1 saturated heterocycles. The predicted octanol–water partition coefficient (Wildman–Crippen LogP) is 1.79. The highest BCUT2D eigenvalue weighted by Crippen LogP contribution is 2.52. The Kier molecular flexibility index (Phi) is 3.34. The Morgan fingerprint density at radius 2 is 2.05 bits per heavy atom. The number of fused-ring (bicyclic) bond motifs is 1. The largest absolute Gasteiger partial charge is 0.377 e. The summed E-state index contributed by atoms with van der Waals surface area (Å²) in [4.78, 5) is 12.7. The Hall–Kier alpha value is -1.39. The van der Waals surface area contributed by atoms with E-state index >= 15 is 0 Å². The van der Waals surface area contributed by atoms with Gasteiger partial charge in [0.1, 0.15) is 5.54 Å². The molecule has 1 saturated carbocycles. The van der Waals surface area contributed by atoms with Gasteiger partial charge in [0.25, 0.3) is 0 Å². The van der Waals surface area contributed by atoms with Gasteiger partial charge in [0, 0.05) is 24.0 Å². The maximum atomic E-state index is 12.7. The molecule has 1 aliphatic heterocycles. The first-order chi connectivity index (χ1) is 9.85. The first-order valence-electron chi connectivity index (χ1n) is 7.62. The molecule has 4 heteroatoms. The Morgan fingerprint density at radius 1 is 1.38 bits per heavy atom. The molecule has 114 valence electrons. The second-order valence-electron chi connectivity index (χ2n) is 7.08. The average Bonchev–Trinajstić information content (AvgIpc) is 2.92. The minimum atomic E-state index is -1.01. The molecule has 2 aliphatic rings. The van der Waals surface area contributed by atoms with Crippen LogP contribution in [-0.4, -0.2) is 24.7 Å². The van der Waals surface area contributed by atoms with Crippen LogP contribution in [0.2, 0.25) is 0 Å². The van der Waals surface area contributed by atoms with Crippen LogP contribution in [0, 0.1) is 11.3 Å². The van der Waals surface area contributed by atoms with Crippen molar-refractivity contribution in [1.29, 1.82) is 0 Å². The molecule has 1 aromatic rings. The minimum absolute atomic E-state index is 0.0242. The van der Waals surface area contributed by atoms with E-state index in [-0.39, 0.29) is 23.5 Å². The van der Waals surface area contributed by atoms with Crippen molar-refractivity contribution in [2.75, 3.05) is 6.61 Å². The third-order valence-electron chi connectivity index (χ3n) is 5.23. The van der Waals surface area contributed by atoms with Crippen LogP contribution < -0.4 is 11.1 Å².